The van der Waals surface area contributed by atoms with Gasteiger partial charge in [0.1, 0.15) is 11.9 Å². The van der Waals surface area contributed by atoms with Gasteiger partial charge < -0.3 is 20.6 Å². The highest BCUT2D eigenvalue weighted by molar-refractivity contribution is 5.95. The molecule has 108 valence electrons. The van der Waals surface area contributed by atoms with E-state index in [9.17, 15) is 9.18 Å². The molecule has 1 aromatic carbocycles. The Labute approximate surface area is 115 Å². The van der Waals surface area contributed by atoms with E-state index >= 15 is 0 Å². The van der Waals surface area contributed by atoms with Crippen molar-refractivity contribution in [2.45, 2.75) is 13.0 Å². The zero-order valence-electron chi connectivity index (χ0n) is 11.0. The van der Waals surface area contributed by atoms with Gasteiger partial charge in [-0.15, -0.1) is 0 Å². The fraction of sp³-hybridized carbons (Fsp3) is 0.385. The first-order valence-electron chi connectivity index (χ1n) is 6.17. The van der Waals surface area contributed by atoms with Crippen LogP contribution in [0.3, 0.4) is 0 Å². The van der Waals surface area contributed by atoms with Crippen molar-refractivity contribution in [1.29, 1.82) is 0 Å². The Morgan fingerprint density at radius 2 is 2.35 bits per heavy atom. The average molecular weight is 281 g/mol. The lowest BCUT2D eigenvalue weighted by Gasteiger charge is -2.32. The molecule has 20 heavy (non-hydrogen) atoms. The van der Waals surface area contributed by atoms with Crippen molar-refractivity contribution >= 4 is 11.7 Å². The van der Waals surface area contributed by atoms with E-state index in [-0.39, 0.29) is 24.6 Å². The molecular weight excluding hydrogens is 265 g/mol. The predicted molar refractivity (Wildman–Crippen MR) is 70.2 cm³/mol. The number of carbonyl (C=O) groups is 1. The predicted octanol–water partition coefficient (Wildman–Crippen LogP) is 0.722. The van der Waals surface area contributed by atoms with Crippen LogP contribution in [0.4, 0.5) is 4.39 Å². The summed E-state index contributed by atoms with van der Waals surface area (Å²) in [5.41, 5.74) is 6.22. The van der Waals surface area contributed by atoms with Gasteiger partial charge in [-0.25, -0.2) is 4.39 Å². The second-order valence-corrected chi connectivity index (χ2v) is 4.62. The molecule has 0 bridgehead atoms. The van der Waals surface area contributed by atoms with Gasteiger partial charge in [-0.3, -0.25) is 4.79 Å². The van der Waals surface area contributed by atoms with E-state index in [2.05, 4.69) is 5.16 Å². The molecular formula is C13H16FN3O3. The van der Waals surface area contributed by atoms with Crippen molar-refractivity contribution in [1.82, 2.24) is 4.90 Å². The van der Waals surface area contributed by atoms with Crippen LogP contribution in [-0.2, 0) is 4.74 Å². The second-order valence-electron chi connectivity index (χ2n) is 4.62. The van der Waals surface area contributed by atoms with E-state index in [4.69, 9.17) is 15.7 Å². The van der Waals surface area contributed by atoms with E-state index < -0.39 is 17.8 Å². The minimum atomic E-state index is -0.675. The standard InChI is InChI=1S/C13H16FN3O3/c1-8-2-3-9(10(14)6-8)13(18)17-4-5-20-11(7-17)12(15)16-19/h2-3,6,11,19H,4-5,7H2,1H3,(H2,15,16). The van der Waals surface area contributed by atoms with Crippen molar-refractivity contribution in [3.63, 3.8) is 0 Å². The Hall–Kier alpha value is -2.15. The van der Waals surface area contributed by atoms with Crippen LogP contribution in [0.2, 0.25) is 0 Å². The lowest BCUT2D eigenvalue weighted by atomic mass is 10.1. The molecule has 1 aromatic rings. The van der Waals surface area contributed by atoms with Crippen LogP contribution in [0.5, 0.6) is 0 Å². The summed E-state index contributed by atoms with van der Waals surface area (Å²) in [7, 11) is 0. The molecule has 1 heterocycles. The summed E-state index contributed by atoms with van der Waals surface area (Å²) in [6, 6.07) is 4.45. The number of nitrogens with zero attached hydrogens (tertiary/aromatic N) is 2. The fourth-order valence-corrected chi connectivity index (χ4v) is 2.04. The maximum atomic E-state index is 13.8. The molecule has 1 saturated heterocycles. The Bertz CT molecular complexity index is 548. The van der Waals surface area contributed by atoms with Gasteiger partial charge in [-0.05, 0) is 24.6 Å². The van der Waals surface area contributed by atoms with E-state index in [0.29, 0.717) is 6.54 Å². The number of halogens is 1. The van der Waals surface area contributed by atoms with Gasteiger partial charge in [0.05, 0.1) is 18.7 Å². The Morgan fingerprint density at radius 3 is 3.00 bits per heavy atom. The van der Waals surface area contributed by atoms with Crippen molar-refractivity contribution in [3.8, 4) is 0 Å². The third kappa shape index (κ3) is 2.88. The molecule has 7 heteroatoms. The van der Waals surface area contributed by atoms with Gasteiger partial charge in [-0.1, -0.05) is 11.2 Å². The first kappa shape index (κ1) is 14.3. The lowest BCUT2D eigenvalue weighted by molar-refractivity contribution is 0.00654. The summed E-state index contributed by atoms with van der Waals surface area (Å²) < 4.78 is 19.1. The molecule has 1 atom stereocenters. The molecule has 1 unspecified atom stereocenters. The first-order valence-corrected chi connectivity index (χ1v) is 6.17. The molecule has 2 rings (SSSR count). The minimum absolute atomic E-state index is 0.00996. The molecule has 6 nitrogen and oxygen atoms in total. The maximum absolute atomic E-state index is 13.8. The smallest absolute Gasteiger partial charge is 0.257 e. The molecule has 0 spiro atoms. The van der Waals surface area contributed by atoms with Crippen molar-refractivity contribution in [3.05, 3.63) is 35.1 Å². The normalized spacial score (nSPS) is 20.0. The van der Waals surface area contributed by atoms with Gasteiger partial charge in [-0.2, -0.15) is 0 Å². The number of amidine groups is 1. The highest BCUT2D eigenvalue weighted by Crippen LogP contribution is 2.15. The van der Waals surface area contributed by atoms with E-state index in [1.54, 1.807) is 13.0 Å². The number of benzene rings is 1. The number of carbonyl (C=O) groups excluding carboxylic acids is 1. The largest absolute Gasteiger partial charge is 0.409 e. The number of nitrogens with two attached hydrogens (primary N) is 1. The molecule has 1 amide bonds. The van der Waals surface area contributed by atoms with Crippen LogP contribution in [0.25, 0.3) is 0 Å². The number of rotatable bonds is 2. The summed E-state index contributed by atoms with van der Waals surface area (Å²) in [5.74, 6) is -1.09. The van der Waals surface area contributed by atoms with Gasteiger partial charge >= 0.3 is 0 Å². The number of ether oxygens (including phenoxy) is 1. The third-order valence-corrected chi connectivity index (χ3v) is 3.15. The lowest BCUT2D eigenvalue weighted by Crippen LogP contribution is -2.50. The number of hydrogen-bond acceptors (Lipinski definition) is 4. The summed E-state index contributed by atoms with van der Waals surface area (Å²) in [6.45, 7) is 2.46. The van der Waals surface area contributed by atoms with E-state index in [0.717, 1.165) is 5.56 Å². The molecule has 0 aromatic heterocycles. The zero-order valence-corrected chi connectivity index (χ0v) is 11.0. The maximum Gasteiger partial charge on any atom is 0.257 e. The number of morpholine rings is 1. The first-order chi connectivity index (χ1) is 9.52. The van der Waals surface area contributed by atoms with Crippen LogP contribution in [0, 0.1) is 12.7 Å². The molecule has 0 saturated carbocycles. The van der Waals surface area contributed by atoms with E-state index in [1.807, 2.05) is 0 Å². The molecule has 3 N–H and O–H groups in total. The molecule has 0 aliphatic carbocycles. The highest BCUT2D eigenvalue weighted by Gasteiger charge is 2.28. The Balaban J connectivity index is 2.16. The molecule has 1 aliphatic rings. The highest BCUT2D eigenvalue weighted by atomic mass is 19.1. The number of hydrogen-bond donors (Lipinski definition) is 2. The SMILES string of the molecule is Cc1ccc(C(=O)N2CCOC(/C(N)=N/O)C2)c(F)c1. The van der Waals surface area contributed by atoms with E-state index in [1.165, 1.54) is 17.0 Å². The van der Waals surface area contributed by atoms with Gasteiger partial charge in [0.15, 0.2) is 5.84 Å². The van der Waals surface area contributed by atoms with Crippen LogP contribution >= 0.6 is 0 Å². The molecule has 1 aliphatic heterocycles. The second kappa shape index (κ2) is 5.87. The van der Waals surface area contributed by atoms with Crippen LogP contribution < -0.4 is 5.73 Å². The number of oxime groups is 1. The molecule has 1 fully saturated rings. The molecule has 0 radical (unpaired) electrons. The topological polar surface area (TPSA) is 88.2 Å². The quantitative estimate of drug-likeness (QED) is 0.362. The van der Waals surface area contributed by atoms with Gasteiger partial charge in [0.2, 0.25) is 0 Å². The summed E-state index contributed by atoms with van der Waals surface area (Å²) in [4.78, 5) is 13.7. The van der Waals surface area contributed by atoms with Crippen molar-refractivity contribution < 1.29 is 19.1 Å². The monoisotopic (exact) mass is 281 g/mol. The summed E-state index contributed by atoms with van der Waals surface area (Å²) in [5, 5.41) is 11.5. The van der Waals surface area contributed by atoms with Crippen LogP contribution in [0.15, 0.2) is 23.4 Å². The average Bonchev–Trinajstić information content (AvgIpc) is 2.46. The number of amides is 1. The zero-order chi connectivity index (χ0) is 14.7. The fourth-order valence-electron chi connectivity index (χ4n) is 2.04. The third-order valence-electron chi connectivity index (χ3n) is 3.15. The van der Waals surface area contributed by atoms with Crippen LogP contribution in [0.1, 0.15) is 15.9 Å². The van der Waals surface area contributed by atoms with Gasteiger partial charge in [0.25, 0.3) is 5.91 Å². The summed E-state index contributed by atoms with van der Waals surface area (Å²) >= 11 is 0. The minimum Gasteiger partial charge on any atom is -0.409 e. The van der Waals surface area contributed by atoms with Crippen LogP contribution in [-0.4, -0.2) is 47.7 Å². The Morgan fingerprint density at radius 1 is 1.60 bits per heavy atom. The van der Waals surface area contributed by atoms with Crippen molar-refractivity contribution in [2.75, 3.05) is 19.7 Å². The van der Waals surface area contributed by atoms with Crippen molar-refractivity contribution in [2.24, 2.45) is 10.9 Å². The number of aryl methyl sites for hydroxylation is 1. The Kier molecular flexibility index (Phi) is 4.19. The van der Waals surface area contributed by atoms with Gasteiger partial charge in [0, 0.05) is 6.54 Å². The summed E-state index contributed by atoms with van der Waals surface area (Å²) in [6.07, 6.45) is -0.675.